The first-order valence-corrected chi connectivity index (χ1v) is 6.47. The van der Waals surface area contributed by atoms with Gasteiger partial charge < -0.3 is 24.4 Å². The van der Waals surface area contributed by atoms with Gasteiger partial charge in [0.2, 0.25) is 5.89 Å². The average molecular weight is 299 g/mol. The SMILES string of the molecule is COCc1noc(C23CCCN(C2)C3)n1.O=C(O)C(=O)O. The number of hydrogen-bond acceptors (Lipinski definition) is 7. The van der Waals surface area contributed by atoms with Crippen LogP contribution < -0.4 is 0 Å². The summed E-state index contributed by atoms with van der Waals surface area (Å²) in [5.74, 6) is -2.18. The van der Waals surface area contributed by atoms with E-state index in [2.05, 4.69) is 15.0 Å². The average Bonchev–Trinajstić information content (AvgIpc) is 2.88. The van der Waals surface area contributed by atoms with Gasteiger partial charge in [0.25, 0.3) is 0 Å². The van der Waals surface area contributed by atoms with Gasteiger partial charge in [0.15, 0.2) is 5.82 Å². The fourth-order valence-electron chi connectivity index (χ4n) is 2.67. The van der Waals surface area contributed by atoms with E-state index in [-0.39, 0.29) is 5.41 Å². The molecule has 0 spiro atoms. The fraction of sp³-hybridized carbons (Fsp3) is 0.667. The number of rotatable bonds is 3. The molecule has 3 fully saturated rings. The Labute approximate surface area is 120 Å². The molecular weight excluding hydrogens is 282 g/mol. The monoisotopic (exact) mass is 299 g/mol. The van der Waals surface area contributed by atoms with Crippen LogP contribution in [0.4, 0.5) is 0 Å². The van der Waals surface area contributed by atoms with E-state index in [1.807, 2.05) is 0 Å². The number of carboxylic acids is 2. The lowest BCUT2D eigenvalue weighted by Gasteiger charge is -2.52. The summed E-state index contributed by atoms with van der Waals surface area (Å²) in [6, 6.07) is 0. The van der Waals surface area contributed by atoms with Gasteiger partial charge in [0.1, 0.15) is 6.61 Å². The zero-order chi connectivity index (χ0) is 15.5. The molecule has 3 saturated heterocycles. The Hall–Kier alpha value is -2.00. The number of fused-ring (bicyclic) bond motifs is 2. The van der Waals surface area contributed by atoms with Crippen molar-refractivity contribution in [2.75, 3.05) is 26.7 Å². The maximum atomic E-state index is 9.10. The molecule has 3 aliphatic heterocycles. The summed E-state index contributed by atoms with van der Waals surface area (Å²) in [5, 5.41) is 18.7. The number of methoxy groups -OCH3 is 1. The molecule has 4 heterocycles. The summed E-state index contributed by atoms with van der Waals surface area (Å²) >= 11 is 0. The second kappa shape index (κ2) is 6.19. The largest absolute Gasteiger partial charge is 0.473 e. The maximum Gasteiger partial charge on any atom is 0.414 e. The molecule has 0 aromatic carbocycles. The normalized spacial score (nSPS) is 26.2. The first-order valence-electron chi connectivity index (χ1n) is 6.47. The van der Waals surface area contributed by atoms with Crippen LogP contribution in [0, 0.1) is 0 Å². The number of aliphatic carboxylic acids is 2. The van der Waals surface area contributed by atoms with Crippen LogP contribution in [0.2, 0.25) is 0 Å². The molecule has 1 aromatic rings. The van der Waals surface area contributed by atoms with Crippen molar-refractivity contribution in [2.24, 2.45) is 0 Å². The van der Waals surface area contributed by atoms with Crippen LogP contribution in [-0.2, 0) is 26.3 Å². The quantitative estimate of drug-likeness (QED) is 0.724. The first-order chi connectivity index (χ1) is 9.97. The zero-order valence-electron chi connectivity index (χ0n) is 11.6. The summed E-state index contributed by atoms with van der Waals surface area (Å²) in [6.45, 7) is 3.83. The highest BCUT2D eigenvalue weighted by atomic mass is 16.5. The lowest BCUT2D eigenvalue weighted by molar-refractivity contribution is -0.159. The summed E-state index contributed by atoms with van der Waals surface area (Å²) in [7, 11) is 1.64. The summed E-state index contributed by atoms with van der Waals surface area (Å²) in [5.41, 5.74) is 0.164. The molecule has 9 heteroatoms. The second-order valence-electron chi connectivity index (χ2n) is 5.15. The lowest BCUT2D eigenvalue weighted by Crippen LogP contribution is -2.63. The molecular formula is C12H17N3O6. The molecule has 9 nitrogen and oxygen atoms in total. The van der Waals surface area contributed by atoms with Gasteiger partial charge in [-0.05, 0) is 19.4 Å². The molecule has 2 N–H and O–H groups in total. The van der Waals surface area contributed by atoms with Crippen LogP contribution in [-0.4, -0.2) is 63.9 Å². The van der Waals surface area contributed by atoms with Gasteiger partial charge in [0.05, 0.1) is 5.41 Å². The molecule has 4 rings (SSSR count). The molecule has 0 unspecified atom stereocenters. The van der Waals surface area contributed by atoms with E-state index in [0.29, 0.717) is 12.4 Å². The Morgan fingerprint density at radius 1 is 1.38 bits per heavy atom. The number of piperidine rings is 2. The molecule has 21 heavy (non-hydrogen) atoms. The minimum absolute atomic E-state index is 0.164. The molecule has 0 aliphatic carbocycles. The van der Waals surface area contributed by atoms with Gasteiger partial charge in [-0.3, -0.25) is 0 Å². The van der Waals surface area contributed by atoms with Crippen LogP contribution in [0.5, 0.6) is 0 Å². The number of aromatic nitrogens is 2. The fourth-order valence-corrected chi connectivity index (χ4v) is 2.67. The molecule has 116 valence electrons. The molecule has 1 aromatic heterocycles. The molecule has 0 radical (unpaired) electrons. The predicted octanol–water partition coefficient (Wildman–Crippen LogP) is -0.281. The highest BCUT2D eigenvalue weighted by molar-refractivity contribution is 6.27. The molecule has 2 bridgehead atoms. The van der Waals surface area contributed by atoms with E-state index in [1.165, 1.54) is 19.4 Å². The van der Waals surface area contributed by atoms with E-state index in [0.717, 1.165) is 19.0 Å². The van der Waals surface area contributed by atoms with Crippen LogP contribution in [0.3, 0.4) is 0 Å². The van der Waals surface area contributed by atoms with Crippen LogP contribution in [0.25, 0.3) is 0 Å². The van der Waals surface area contributed by atoms with E-state index in [4.69, 9.17) is 29.1 Å². The first kappa shape index (κ1) is 15.4. The van der Waals surface area contributed by atoms with Gasteiger partial charge in [-0.1, -0.05) is 5.16 Å². The van der Waals surface area contributed by atoms with Crippen LogP contribution >= 0.6 is 0 Å². The number of ether oxygens (including phenoxy) is 1. The minimum Gasteiger partial charge on any atom is -0.473 e. The van der Waals surface area contributed by atoms with Gasteiger partial charge in [-0.15, -0.1) is 0 Å². The molecule has 3 aliphatic rings. The summed E-state index contributed by atoms with van der Waals surface area (Å²) < 4.78 is 10.3. The van der Waals surface area contributed by atoms with Gasteiger partial charge in [-0.2, -0.15) is 4.98 Å². The number of carboxylic acid groups (broad SMARTS) is 2. The van der Waals surface area contributed by atoms with E-state index in [9.17, 15) is 0 Å². The standard InChI is InChI=1S/C10H15N3O2.C2H2O4/c1-14-5-8-11-9(15-12-8)10-3-2-4-13(6-10)7-10;3-1(4)2(5)6/h2-7H2,1H3;(H,3,4)(H,5,6). The van der Waals surface area contributed by atoms with Crippen molar-refractivity contribution in [3.05, 3.63) is 11.7 Å². The highest BCUT2D eigenvalue weighted by Crippen LogP contribution is 2.41. The highest BCUT2D eigenvalue weighted by Gasteiger charge is 2.50. The number of nitrogens with zero attached hydrogens (tertiary/aromatic N) is 3. The van der Waals surface area contributed by atoms with Crippen LogP contribution in [0.15, 0.2) is 4.52 Å². The Kier molecular flexibility index (Phi) is 4.53. The van der Waals surface area contributed by atoms with Crippen molar-refractivity contribution in [1.82, 2.24) is 15.0 Å². The molecule has 0 saturated carbocycles. The maximum absolute atomic E-state index is 9.10. The lowest BCUT2D eigenvalue weighted by atomic mass is 9.72. The van der Waals surface area contributed by atoms with Gasteiger partial charge in [-0.25, -0.2) is 9.59 Å². The zero-order valence-corrected chi connectivity index (χ0v) is 11.6. The molecule has 0 amide bonds. The van der Waals surface area contributed by atoms with Crippen molar-refractivity contribution >= 4 is 11.9 Å². The van der Waals surface area contributed by atoms with Crippen molar-refractivity contribution in [3.8, 4) is 0 Å². The van der Waals surface area contributed by atoms with Crippen molar-refractivity contribution < 1.29 is 29.1 Å². The van der Waals surface area contributed by atoms with Gasteiger partial charge in [0, 0.05) is 20.2 Å². The van der Waals surface area contributed by atoms with E-state index in [1.54, 1.807) is 7.11 Å². The van der Waals surface area contributed by atoms with Crippen LogP contribution in [0.1, 0.15) is 24.6 Å². The third-order valence-corrected chi connectivity index (χ3v) is 3.56. The van der Waals surface area contributed by atoms with E-state index < -0.39 is 11.9 Å². The van der Waals surface area contributed by atoms with Crippen molar-refractivity contribution in [1.29, 1.82) is 0 Å². The third-order valence-electron chi connectivity index (χ3n) is 3.56. The predicted molar refractivity (Wildman–Crippen MR) is 67.6 cm³/mol. The van der Waals surface area contributed by atoms with Gasteiger partial charge >= 0.3 is 11.9 Å². The second-order valence-corrected chi connectivity index (χ2v) is 5.15. The number of hydrogen-bond donors (Lipinski definition) is 2. The summed E-state index contributed by atoms with van der Waals surface area (Å²) in [4.78, 5) is 25.0. The topological polar surface area (TPSA) is 126 Å². The minimum atomic E-state index is -1.82. The Morgan fingerprint density at radius 3 is 2.52 bits per heavy atom. The summed E-state index contributed by atoms with van der Waals surface area (Å²) in [6.07, 6.45) is 2.42. The smallest absolute Gasteiger partial charge is 0.414 e. The van der Waals surface area contributed by atoms with E-state index >= 15 is 0 Å². The Balaban J connectivity index is 0.000000232. The third kappa shape index (κ3) is 3.37. The van der Waals surface area contributed by atoms with Crippen molar-refractivity contribution in [3.63, 3.8) is 0 Å². The van der Waals surface area contributed by atoms with Crippen molar-refractivity contribution in [2.45, 2.75) is 24.9 Å². The molecule has 0 atom stereocenters. The number of carbonyl (C=O) groups is 2. The Morgan fingerprint density at radius 2 is 2.05 bits per heavy atom. The Bertz CT molecular complexity index is 505.